The third kappa shape index (κ3) is 3.63. The molecule has 3 N–H and O–H groups in total. The Hall–Kier alpha value is -4.04. The van der Waals surface area contributed by atoms with Crippen LogP contribution in [0, 0.1) is 0 Å². The molecule has 0 spiro atoms. The Kier molecular flexibility index (Phi) is 4.66. The monoisotopic (exact) mass is 386 g/mol. The van der Waals surface area contributed by atoms with Crippen molar-refractivity contribution in [1.29, 1.82) is 0 Å². The van der Waals surface area contributed by atoms with Crippen molar-refractivity contribution in [3.05, 3.63) is 115 Å². The molecule has 0 radical (unpaired) electrons. The maximum Gasteiger partial charge on any atom is 0.0384 e. The second kappa shape index (κ2) is 7.76. The summed E-state index contributed by atoms with van der Waals surface area (Å²) in [6.45, 7) is 0. The van der Waals surface area contributed by atoms with E-state index in [9.17, 15) is 0 Å². The van der Waals surface area contributed by atoms with Crippen molar-refractivity contribution >= 4 is 27.8 Å². The molecule has 0 bridgehead atoms. The zero-order valence-corrected chi connectivity index (χ0v) is 16.5. The topological polar surface area (TPSA) is 38.0 Å². The van der Waals surface area contributed by atoms with E-state index in [1.807, 2.05) is 24.3 Å². The van der Waals surface area contributed by atoms with Crippen molar-refractivity contribution in [2.24, 2.45) is 0 Å². The number of hydrogen-bond acceptors (Lipinski definition) is 2. The fourth-order valence-corrected chi connectivity index (χ4v) is 3.80. The van der Waals surface area contributed by atoms with Crippen LogP contribution in [0.15, 0.2) is 115 Å². The Balaban J connectivity index is 1.35. The van der Waals surface area contributed by atoms with Gasteiger partial charge in [-0.3, -0.25) is 0 Å². The molecule has 2 nitrogen and oxygen atoms in total. The molecule has 5 aromatic rings. The molecule has 0 fully saturated rings. The second-order valence-electron chi connectivity index (χ2n) is 7.43. The van der Waals surface area contributed by atoms with Crippen molar-refractivity contribution in [2.75, 3.05) is 11.1 Å². The van der Waals surface area contributed by atoms with Crippen LogP contribution in [0.3, 0.4) is 0 Å². The molecule has 2 heteroatoms. The van der Waals surface area contributed by atoms with E-state index in [-0.39, 0.29) is 0 Å². The van der Waals surface area contributed by atoms with E-state index in [4.69, 9.17) is 5.73 Å². The lowest BCUT2D eigenvalue weighted by Gasteiger charge is -2.10. The Bertz CT molecular complexity index is 1280. The average molecular weight is 386 g/mol. The van der Waals surface area contributed by atoms with Gasteiger partial charge in [0.15, 0.2) is 0 Å². The SMILES string of the molecule is Nc1ccc(-c2ccc(Nc3ccc(-c4cccc5ccccc45)cc3)cc2)cc1. The van der Waals surface area contributed by atoms with Gasteiger partial charge in [0.05, 0.1) is 0 Å². The van der Waals surface area contributed by atoms with E-state index in [1.165, 1.54) is 27.5 Å². The Morgan fingerprint density at radius 3 is 1.67 bits per heavy atom. The molecule has 0 saturated carbocycles. The minimum absolute atomic E-state index is 0.781. The van der Waals surface area contributed by atoms with Gasteiger partial charge in [-0.1, -0.05) is 78.9 Å². The maximum atomic E-state index is 5.78. The summed E-state index contributed by atoms with van der Waals surface area (Å²) in [6.07, 6.45) is 0. The van der Waals surface area contributed by atoms with Crippen molar-refractivity contribution < 1.29 is 0 Å². The van der Waals surface area contributed by atoms with Crippen LogP contribution in [0.5, 0.6) is 0 Å². The molecule has 0 saturated heterocycles. The van der Waals surface area contributed by atoms with E-state index >= 15 is 0 Å². The minimum atomic E-state index is 0.781. The summed E-state index contributed by atoms with van der Waals surface area (Å²) in [5.41, 5.74) is 13.5. The molecule has 0 aromatic heterocycles. The quantitative estimate of drug-likeness (QED) is 0.314. The summed E-state index contributed by atoms with van der Waals surface area (Å²) in [7, 11) is 0. The molecule has 5 aromatic carbocycles. The van der Waals surface area contributed by atoms with Gasteiger partial charge in [0.25, 0.3) is 0 Å². The maximum absolute atomic E-state index is 5.78. The number of nitrogens with two attached hydrogens (primary N) is 1. The van der Waals surface area contributed by atoms with Gasteiger partial charge in [-0.25, -0.2) is 0 Å². The summed E-state index contributed by atoms with van der Waals surface area (Å²) < 4.78 is 0. The number of nitrogen functional groups attached to an aromatic ring is 1. The van der Waals surface area contributed by atoms with Crippen LogP contribution < -0.4 is 11.1 Å². The number of anilines is 3. The molecule has 0 heterocycles. The minimum Gasteiger partial charge on any atom is -0.399 e. The molecule has 0 atom stereocenters. The van der Waals surface area contributed by atoms with Crippen LogP contribution in [0.2, 0.25) is 0 Å². The van der Waals surface area contributed by atoms with Crippen molar-refractivity contribution in [3.63, 3.8) is 0 Å². The lowest BCUT2D eigenvalue weighted by atomic mass is 9.98. The molecule has 0 aliphatic carbocycles. The van der Waals surface area contributed by atoms with Crippen molar-refractivity contribution in [1.82, 2.24) is 0 Å². The fraction of sp³-hybridized carbons (Fsp3) is 0. The van der Waals surface area contributed by atoms with Crippen LogP contribution in [0.4, 0.5) is 17.1 Å². The third-order valence-corrected chi connectivity index (χ3v) is 5.40. The van der Waals surface area contributed by atoms with Gasteiger partial charge in [-0.15, -0.1) is 0 Å². The van der Waals surface area contributed by atoms with E-state index in [0.29, 0.717) is 0 Å². The van der Waals surface area contributed by atoms with E-state index < -0.39 is 0 Å². The predicted octanol–water partition coefficient (Wildman–Crippen LogP) is 7.50. The number of nitrogens with one attached hydrogen (secondary N) is 1. The fourth-order valence-electron chi connectivity index (χ4n) is 3.80. The first kappa shape index (κ1) is 18.0. The average Bonchev–Trinajstić information content (AvgIpc) is 2.80. The molecule has 0 aliphatic heterocycles. The zero-order valence-electron chi connectivity index (χ0n) is 16.5. The van der Waals surface area contributed by atoms with Crippen molar-refractivity contribution in [2.45, 2.75) is 0 Å². The highest BCUT2D eigenvalue weighted by Gasteiger charge is 2.04. The van der Waals surface area contributed by atoms with Crippen LogP contribution in [0.25, 0.3) is 33.0 Å². The van der Waals surface area contributed by atoms with Gasteiger partial charge < -0.3 is 11.1 Å². The summed E-state index contributed by atoms with van der Waals surface area (Å²) in [4.78, 5) is 0. The van der Waals surface area contributed by atoms with Crippen LogP contribution in [-0.4, -0.2) is 0 Å². The zero-order chi connectivity index (χ0) is 20.3. The van der Waals surface area contributed by atoms with Crippen molar-refractivity contribution in [3.8, 4) is 22.3 Å². The lowest BCUT2D eigenvalue weighted by molar-refractivity contribution is 1.54. The van der Waals surface area contributed by atoms with E-state index in [0.717, 1.165) is 22.6 Å². The first-order valence-corrected chi connectivity index (χ1v) is 10.1. The lowest BCUT2D eigenvalue weighted by Crippen LogP contribution is -1.90. The Morgan fingerprint density at radius 1 is 0.467 bits per heavy atom. The molecule has 30 heavy (non-hydrogen) atoms. The standard InChI is InChI=1S/C28H22N2/c29-24-14-8-20(9-15-24)21-10-16-25(17-11-21)30-26-18-12-23(13-19-26)28-7-3-5-22-4-1-2-6-27(22)28/h1-19,30H,29H2. The van der Waals surface area contributed by atoms with Gasteiger partial charge in [-0.2, -0.15) is 0 Å². The Labute approximate surface area is 176 Å². The van der Waals surface area contributed by atoms with E-state index in [1.54, 1.807) is 0 Å². The summed E-state index contributed by atoms with van der Waals surface area (Å²) >= 11 is 0. The highest BCUT2D eigenvalue weighted by atomic mass is 14.9. The summed E-state index contributed by atoms with van der Waals surface area (Å²) in [5.74, 6) is 0. The molecule has 0 amide bonds. The Morgan fingerprint density at radius 2 is 1.00 bits per heavy atom. The number of hydrogen-bond donors (Lipinski definition) is 2. The van der Waals surface area contributed by atoms with Gasteiger partial charge >= 0.3 is 0 Å². The highest BCUT2D eigenvalue weighted by molar-refractivity contribution is 5.96. The number of fused-ring (bicyclic) bond motifs is 1. The van der Waals surface area contributed by atoms with Gasteiger partial charge in [0.2, 0.25) is 0 Å². The largest absolute Gasteiger partial charge is 0.399 e. The van der Waals surface area contributed by atoms with Gasteiger partial charge in [0, 0.05) is 17.1 Å². The van der Waals surface area contributed by atoms with Crippen LogP contribution in [-0.2, 0) is 0 Å². The summed E-state index contributed by atoms with van der Waals surface area (Å²) in [5, 5.41) is 6.03. The van der Waals surface area contributed by atoms with Gasteiger partial charge in [-0.05, 0) is 69.4 Å². The molecule has 0 aliphatic rings. The number of benzene rings is 5. The molecule has 0 unspecified atom stereocenters. The van der Waals surface area contributed by atoms with Gasteiger partial charge in [0.1, 0.15) is 0 Å². The smallest absolute Gasteiger partial charge is 0.0384 e. The number of rotatable bonds is 4. The van der Waals surface area contributed by atoms with Crippen LogP contribution in [0.1, 0.15) is 0 Å². The molecular weight excluding hydrogens is 364 g/mol. The molecule has 5 rings (SSSR count). The summed E-state index contributed by atoms with van der Waals surface area (Å²) in [6, 6.07) is 40.0. The highest BCUT2D eigenvalue weighted by Crippen LogP contribution is 2.30. The normalized spacial score (nSPS) is 10.8. The third-order valence-electron chi connectivity index (χ3n) is 5.40. The molecular formula is C28H22N2. The second-order valence-corrected chi connectivity index (χ2v) is 7.43. The predicted molar refractivity (Wildman–Crippen MR) is 129 cm³/mol. The van der Waals surface area contributed by atoms with E-state index in [2.05, 4.69) is 96.3 Å². The first-order valence-electron chi connectivity index (χ1n) is 10.1. The van der Waals surface area contributed by atoms with Crippen LogP contribution >= 0.6 is 0 Å². The molecule has 144 valence electrons. The first-order chi connectivity index (χ1) is 14.8.